The molecule has 2 aromatic heterocycles. The van der Waals surface area contributed by atoms with Crippen LogP contribution in [-0.4, -0.2) is 97.5 Å². The monoisotopic (exact) mass is 634 g/mol. The van der Waals surface area contributed by atoms with E-state index in [1.165, 1.54) is 12.8 Å². The van der Waals surface area contributed by atoms with Gasteiger partial charge in [-0.05, 0) is 57.5 Å². The Kier molecular flexibility index (Phi) is 8.96. The van der Waals surface area contributed by atoms with Gasteiger partial charge in [0.05, 0.1) is 35.5 Å². The molecule has 0 unspecified atom stereocenters. The van der Waals surface area contributed by atoms with Gasteiger partial charge in [0.25, 0.3) is 0 Å². The van der Waals surface area contributed by atoms with E-state index in [4.69, 9.17) is 16.3 Å². The molecule has 0 atom stereocenters. The van der Waals surface area contributed by atoms with Crippen molar-refractivity contribution in [3.05, 3.63) is 59.9 Å². The predicted molar refractivity (Wildman–Crippen MR) is 182 cm³/mol. The summed E-state index contributed by atoms with van der Waals surface area (Å²) in [5, 5.41) is 8.51. The minimum absolute atomic E-state index is 0.340. The molecule has 2 saturated heterocycles. The Morgan fingerprint density at radius 1 is 0.955 bits per heavy atom. The highest BCUT2D eigenvalue weighted by Gasteiger charge is 2.27. The SMILES string of the molecule is COc1cc(N2CCC(N3CCN(C)CC3)CC2)ccc1Nc1ncc(Cl)c(Nc2ccc3cccnc3c2P(C)(C)=O)n1. The Hall–Kier alpha value is -3.43. The van der Waals surface area contributed by atoms with Crippen LogP contribution in [0, 0.1) is 0 Å². The summed E-state index contributed by atoms with van der Waals surface area (Å²) in [4.78, 5) is 21.1. The van der Waals surface area contributed by atoms with E-state index >= 15 is 0 Å². The van der Waals surface area contributed by atoms with Crippen molar-refractivity contribution in [1.29, 1.82) is 0 Å². The summed E-state index contributed by atoms with van der Waals surface area (Å²) >= 11 is 6.53. The third-order valence-electron chi connectivity index (χ3n) is 8.60. The Morgan fingerprint density at radius 3 is 2.43 bits per heavy atom. The van der Waals surface area contributed by atoms with Gasteiger partial charge in [-0.3, -0.25) is 9.88 Å². The maximum Gasteiger partial charge on any atom is 0.229 e. The summed E-state index contributed by atoms with van der Waals surface area (Å²) in [7, 11) is 1.16. The molecule has 4 aromatic rings. The molecule has 2 fully saturated rings. The highest BCUT2D eigenvalue weighted by molar-refractivity contribution is 7.71. The van der Waals surface area contributed by atoms with Crippen molar-refractivity contribution in [1.82, 2.24) is 24.8 Å². The van der Waals surface area contributed by atoms with Gasteiger partial charge in [0, 0.05) is 68.6 Å². The van der Waals surface area contributed by atoms with Crippen LogP contribution in [0.1, 0.15) is 12.8 Å². The first kappa shape index (κ1) is 30.6. The number of fused-ring (bicyclic) bond motifs is 1. The summed E-state index contributed by atoms with van der Waals surface area (Å²) in [6.07, 6.45) is 5.59. The third-order valence-corrected chi connectivity index (χ3v) is 10.4. The molecule has 6 rings (SSSR count). The molecule has 2 aliphatic rings. The number of hydrogen-bond donors (Lipinski definition) is 2. The number of ether oxygens (including phenoxy) is 1. The molecule has 10 nitrogen and oxygen atoms in total. The van der Waals surface area contributed by atoms with E-state index in [-0.39, 0.29) is 0 Å². The Morgan fingerprint density at radius 2 is 1.70 bits per heavy atom. The summed E-state index contributed by atoms with van der Waals surface area (Å²) in [6.45, 7) is 10.2. The van der Waals surface area contributed by atoms with Crippen molar-refractivity contribution in [3.63, 3.8) is 0 Å². The van der Waals surface area contributed by atoms with E-state index in [2.05, 4.69) is 59.5 Å². The predicted octanol–water partition coefficient (Wildman–Crippen LogP) is 5.64. The van der Waals surface area contributed by atoms with Crippen molar-refractivity contribution in [2.45, 2.75) is 18.9 Å². The van der Waals surface area contributed by atoms with Crippen LogP contribution >= 0.6 is 18.7 Å². The van der Waals surface area contributed by atoms with Gasteiger partial charge in [0.1, 0.15) is 17.9 Å². The quantitative estimate of drug-likeness (QED) is 0.237. The average molecular weight is 635 g/mol. The van der Waals surface area contributed by atoms with E-state index in [0.717, 1.165) is 56.0 Å². The van der Waals surface area contributed by atoms with Crippen LogP contribution < -0.4 is 25.6 Å². The lowest BCUT2D eigenvalue weighted by molar-refractivity contribution is 0.0982. The topological polar surface area (TPSA) is 98.8 Å². The van der Waals surface area contributed by atoms with Crippen LogP contribution in [0.4, 0.5) is 28.8 Å². The first-order chi connectivity index (χ1) is 21.2. The molecule has 0 bridgehead atoms. The van der Waals surface area contributed by atoms with Crippen molar-refractivity contribution in [2.24, 2.45) is 0 Å². The van der Waals surface area contributed by atoms with Crippen LogP contribution in [0.5, 0.6) is 5.75 Å². The minimum atomic E-state index is -2.71. The second-order valence-electron chi connectivity index (χ2n) is 12.0. The van der Waals surface area contributed by atoms with Gasteiger partial charge in [-0.25, -0.2) is 4.98 Å². The maximum atomic E-state index is 13.4. The number of halogens is 1. The van der Waals surface area contributed by atoms with Gasteiger partial charge in [0.15, 0.2) is 5.82 Å². The molecule has 12 heteroatoms. The molecular weight excluding hydrogens is 595 g/mol. The fraction of sp³-hybridized carbons (Fsp3) is 0.406. The number of hydrogen-bond acceptors (Lipinski definition) is 10. The fourth-order valence-corrected chi connectivity index (χ4v) is 7.74. The minimum Gasteiger partial charge on any atom is -0.494 e. The fourth-order valence-electron chi connectivity index (χ4n) is 6.19. The molecule has 2 aliphatic heterocycles. The molecule has 0 spiro atoms. The molecule has 0 radical (unpaired) electrons. The van der Waals surface area contributed by atoms with Gasteiger partial charge in [-0.2, -0.15) is 4.98 Å². The Bertz CT molecular complexity index is 1680. The maximum absolute atomic E-state index is 13.4. The second-order valence-corrected chi connectivity index (χ2v) is 15.5. The van der Waals surface area contributed by atoms with Crippen LogP contribution in [0.2, 0.25) is 5.02 Å². The van der Waals surface area contributed by atoms with Crippen LogP contribution in [0.25, 0.3) is 10.9 Å². The summed E-state index contributed by atoms with van der Waals surface area (Å²) in [6, 6.07) is 14.5. The zero-order chi connectivity index (χ0) is 30.8. The van der Waals surface area contributed by atoms with Crippen molar-refractivity contribution >= 4 is 63.8 Å². The average Bonchev–Trinajstić information content (AvgIpc) is 3.02. The van der Waals surface area contributed by atoms with Gasteiger partial charge < -0.3 is 29.7 Å². The highest BCUT2D eigenvalue weighted by Crippen LogP contribution is 2.41. The lowest BCUT2D eigenvalue weighted by atomic mass is 10.0. The largest absolute Gasteiger partial charge is 0.494 e. The number of rotatable bonds is 8. The molecule has 2 N–H and O–H groups in total. The normalized spacial score (nSPS) is 17.2. The van der Waals surface area contributed by atoms with Gasteiger partial charge >= 0.3 is 0 Å². The van der Waals surface area contributed by atoms with Crippen LogP contribution in [-0.2, 0) is 4.57 Å². The first-order valence-corrected chi connectivity index (χ1v) is 18.0. The Labute approximate surface area is 264 Å². The number of likely N-dealkylation sites (N-methyl/N-ethyl adjacent to an activating group) is 1. The molecule has 44 heavy (non-hydrogen) atoms. The molecule has 0 amide bonds. The number of nitrogens with one attached hydrogen (secondary N) is 2. The third kappa shape index (κ3) is 6.64. The van der Waals surface area contributed by atoms with Crippen molar-refractivity contribution in [2.75, 3.05) is 82.3 Å². The number of nitrogens with zero attached hydrogens (tertiary/aromatic N) is 6. The van der Waals surface area contributed by atoms with E-state index < -0.39 is 7.14 Å². The van der Waals surface area contributed by atoms with E-state index in [1.54, 1.807) is 32.8 Å². The lowest BCUT2D eigenvalue weighted by Crippen LogP contribution is -2.52. The van der Waals surface area contributed by atoms with Crippen molar-refractivity contribution in [3.8, 4) is 5.75 Å². The zero-order valence-corrected chi connectivity index (χ0v) is 27.4. The number of pyridine rings is 1. The number of anilines is 5. The standard InChI is InChI=1S/C32H40ClN8O2P/c1-39-16-18-41(19-17-39)23-11-14-40(15-12-23)24-8-10-26(28(20-24)43-2)37-32-35-21-25(33)31(38-32)36-27-9-7-22-6-5-13-34-29(22)30(27)44(3,4)42/h5-10,13,20-21,23H,11-12,14-19H2,1-4H3,(H2,35,36,37,38). The zero-order valence-electron chi connectivity index (χ0n) is 25.8. The number of piperidine rings is 1. The second kappa shape index (κ2) is 12.9. The number of benzene rings is 2. The molecule has 4 heterocycles. The van der Waals surface area contributed by atoms with Gasteiger partial charge in [-0.1, -0.05) is 23.7 Å². The van der Waals surface area contributed by atoms with Crippen molar-refractivity contribution < 1.29 is 9.30 Å². The molecule has 0 aliphatic carbocycles. The molecule has 0 saturated carbocycles. The molecular formula is C32H40ClN8O2P. The summed E-state index contributed by atoms with van der Waals surface area (Å²) < 4.78 is 19.1. The lowest BCUT2D eigenvalue weighted by Gasteiger charge is -2.42. The van der Waals surface area contributed by atoms with Gasteiger partial charge in [-0.15, -0.1) is 0 Å². The van der Waals surface area contributed by atoms with E-state index in [9.17, 15) is 4.57 Å². The van der Waals surface area contributed by atoms with Crippen LogP contribution in [0.15, 0.2) is 54.9 Å². The summed E-state index contributed by atoms with van der Waals surface area (Å²) in [5.74, 6) is 1.46. The van der Waals surface area contributed by atoms with E-state index in [1.807, 2.05) is 30.3 Å². The molecule has 232 valence electrons. The smallest absolute Gasteiger partial charge is 0.229 e. The van der Waals surface area contributed by atoms with E-state index in [0.29, 0.717) is 45.1 Å². The molecule has 2 aromatic carbocycles. The van der Waals surface area contributed by atoms with Crippen LogP contribution in [0.3, 0.4) is 0 Å². The number of piperazine rings is 1. The Balaban J connectivity index is 1.18. The number of methoxy groups -OCH3 is 1. The highest BCUT2D eigenvalue weighted by atomic mass is 35.5. The van der Waals surface area contributed by atoms with Gasteiger partial charge in [0.2, 0.25) is 5.95 Å². The first-order valence-electron chi connectivity index (χ1n) is 15.0. The number of aromatic nitrogens is 3. The summed E-state index contributed by atoms with van der Waals surface area (Å²) in [5.41, 5.74) is 3.24.